The minimum Gasteiger partial charge on any atom is -0.339 e. The van der Waals surface area contributed by atoms with Gasteiger partial charge in [0.25, 0.3) is 5.91 Å². The molecule has 5 rings (SSSR count). The van der Waals surface area contributed by atoms with Gasteiger partial charge in [-0.2, -0.15) is 5.10 Å². The molecule has 2 aliphatic heterocycles. The van der Waals surface area contributed by atoms with Gasteiger partial charge in [-0.1, -0.05) is 60.7 Å². The molecule has 1 fully saturated rings. The average Bonchev–Trinajstić information content (AvgIpc) is 3.32. The summed E-state index contributed by atoms with van der Waals surface area (Å²) >= 11 is 0. The lowest BCUT2D eigenvalue weighted by molar-refractivity contribution is -0.132. The van der Waals surface area contributed by atoms with Crippen LogP contribution in [0.2, 0.25) is 0 Å². The van der Waals surface area contributed by atoms with Crippen LogP contribution in [-0.4, -0.2) is 57.6 Å². The average molecular weight is 443 g/mol. The summed E-state index contributed by atoms with van der Waals surface area (Å²) in [5, 5.41) is 4.53. The lowest BCUT2D eigenvalue weighted by Gasteiger charge is -2.35. The summed E-state index contributed by atoms with van der Waals surface area (Å²) < 4.78 is 1.98. The van der Waals surface area contributed by atoms with Crippen molar-refractivity contribution in [2.45, 2.75) is 38.1 Å². The number of aryl methyl sites for hydroxylation is 2. The van der Waals surface area contributed by atoms with Crippen LogP contribution in [0.15, 0.2) is 66.7 Å². The molecule has 6 nitrogen and oxygen atoms in total. The van der Waals surface area contributed by atoms with E-state index in [1.165, 1.54) is 0 Å². The van der Waals surface area contributed by atoms with Crippen molar-refractivity contribution < 1.29 is 9.59 Å². The molecule has 3 aromatic rings. The molecule has 33 heavy (non-hydrogen) atoms. The van der Waals surface area contributed by atoms with Crippen LogP contribution >= 0.6 is 0 Å². The van der Waals surface area contributed by atoms with Crippen molar-refractivity contribution in [2.24, 2.45) is 0 Å². The monoisotopic (exact) mass is 442 g/mol. The topological polar surface area (TPSA) is 58.4 Å². The zero-order valence-corrected chi connectivity index (χ0v) is 18.9. The van der Waals surface area contributed by atoms with Crippen LogP contribution in [0.5, 0.6) is 0 Å². The lowest BCUT2D eigenvalue weighted by atomic mass is 9.88. The first-order chi connectivity index (χ1) is 16.2. The molecule has 1 aromatic heterocycles. The molecule has 0 saturated carbocycles. The van der Waals surface area contributed by atoms with Crippen LogP contribution in [0.1, 0.15) is 52.5 Å². The molecule has 0 unspecified atom stereocenters. The number of piperazine rings is 1. The van der Waals surface area contributed by atoms with E-state index in [9.17, 15) is 9.59 Å². The maximum atomic E-state index is 13.2. The Morgan fingerprint density at radius 2 is 1.39 bits per heavy atom. The molecule has 3 heterocycles. The zero-order chi connectivity index (χ0) is 22.6. The highest BCUT2D eigenvalue weighted by molar-refractivity contribution is 5.92. The van der Waals surface area contributed by atoms with Crippen molar-refractivity contribution in [3.8, 4) is 0 Å². The molecule has 170 valence electrons. The molecule has 0 radical (unpaired) electrons. The fourth-order valence-electron chi connectivity index (χ4n) is 4.95. The highest BCUT2D eigenvalue weighted by Crippen LogP contribution is 2.29. The number of fused-ring (bicyclic) bond motifs is 1. The van der Waals surface area contributed by atoms with E-state index in [0.717, 1.165) is 42.6 Å². The Balaban J connectivity index is 1.22. The first-order valence-corrected chi connectivity index (χ1v) is 11.9. The van der Waals surface area contributed by atoms with Gasteiger partial charge in [-0.15, -0.1) is 0 Å². The molecule has 0 aliphatic carbocycles. The summed E-state index contributed by atoms with van der Waals surface area (Å²) in [5.41, 5.74) is 4.00. The van der Waals surface area contributed by atoms with Crippen molar-refractivity contribution >= 4 is 11.8 Å². The SMILES string of the molecule is O=C(CC(c1ccccc1)c1ccccc1)N1CCN(C(=O)c2cc3n(n2)CCCC3)CC1. The second-order valence-corrected chi connectivity index (χ2v) is 8.95. The Labute approximate surface area is 194 Å². The zero-order valence-electron chi connectivity index (χ0n) is 18.9. The van der Waals surface area contributed by atoms with Crippen LogP contribution < -0.4 is 0 Å². The maximum absolute atomic E-state index is 13.2. The van der Waals surface area contributed by atoms with Crippen molar-refractivity contribution in [2.75, 3.05) is 26.2 Å². The summed E-state index contributed by atoms with van der Waals surface area (Å²) in [4.78, 5) is 30.0. The minimum atomic E-state index is -0.0181. The summed E-state index contributed by atoms with van der Waals surface area (Å²) in [5.74, 6) is 0.143. The molecule has 0 spiro atoms. The molecule has 6 heteroatoms. The molecular formula is C27H30N4O2. The second kappa shape index (κ2) is 9.61. The molecule has 0 bridgehead atoms. The smallest absolute Gasteiger partial charge is 0.274 e. The number of nitrogens with zero attached hydrogens (tertiary/aromatic N) is 4. The quantitative estimate of drug-likeness (QED) is 0.605. The van der Waals surface area contributed by atoms with E-state index in [2.05, 4.69) is 29.4 Å². The summed E-state index contributed by atoms with van der Waals surface area (Å²) in [6, 6.07) is 22.4. The highest BCUT2D eigenvalue weighted by Gasteiger charge is 2.29. The second-order valence-electron chi connectivity index (χ2n) is 8.95. The van der Waals surface area contributed by atoms with Crippen LogP contribution in [0, 0.1) is 0 Å². The molecule has 0 N–H and O–H groups in total. The van der Waals surface area contributed by atoms with E-state index >= 15 is 0 Å². The number of benzene rings is 2. The molecule has 0 atom stereocenters. The summed E-state index contributed by atoms with van der Waals surface area (Å²) in [6.07, 6.45) is 3.70. The molecule has 2 amide bonds. The Morgan fingerprint density at radius 1 is 0.788 bits per heavy atom. The third-order valence-corrected chi connectivity index (χ3v) is 6.84. The lowest BCUT2D eigenvalue weighted by Crippen LogP contribution is -2.50. The number of amides is 2. The normalized spacial score (nSPS) is 16.0. The van der Waals surface area contributed by atoms with Crippen molar-refractivity contribution in [3.05, 3.63) is 89.2 Å². The van der Waals surface area contributed by atoms with Crippen LogP contribution in [0.4, 0.5) is 0 Å². The number of aromatic nitrogens is 2. The number of carbonyl (C=O) groups is 2. The van der Waals surface area contributed by atoms with Crippen LogP contribution in [-0.2, 0) is 17.8 Å². The van der Waals surface area contributed by atoms with E-state index in [-0.39, 0.29) is 17.7 Å². The van der Waals surface area contributed by atoms with E-state index in [4.69, 9.17) is 0 Å². The Bertz CT molecular complexity index is 1040. The highest BCUT2D eigenvalue weighted by atomic mass is 16.2. The molecule has 1 saturated heterocycles. The minimum absolute atomic E-state index is 0.0181. The van der Waals surface area contributed by atoms with Crippen molar-refractivity contribution in [1.29, 1.82) is 0 Å². The van der Waals surface area contributed by atoms with Gasteiger partial charge in [0.15, 0.2) is 5.69 Å². The van der Waals surface area contributed by atoms with Gasteiger partial charge in [-0.3, -0.25) is 14.3 Å². The fraction of sp³-hybridized carbons (Fsp3) is 0.370. The van der Waals surface area contributed by atoms with Crippen molar-refractivity contribution in [1.82, 2.24) is 19.6 Å². The van der Waals surface area contributed by atoms with Gasteiger partial charge in [-0.25, -0.2) is 0 Å². The first-order valence-electron chi connectivity index (χ1n) is 11.9. The van der Waals surface area contributed by atoms with Crippen LogP contribution in [0.25, 0.3) is 0 Å². The van der Waals surface area contributed by atoms with Gasteiger partial charge in [0.1, 0.15) is 0 Å². The van der Waals surface area contributed by atoms with Crippen molar-refractivity contribution in [3.63, 3.8) is 0 Å². The predicted octanol–water partition coefficient (Wildman–Crippen LogP) is 3.73. The Hall–Kier alpha value is -3.41. The van der Waals surface area contributed by atoms with Gasteiger partial charge >= 0.3 is 0 Å². The van der Waals surface area contributed by atoms with Gasteiger partial charge in [0.05, 0.1) is 0 Å². The fourth-order valence-corrected chi connectivity index (χ4v) is 4.95. The standard InChI is InChI=1S/C27H30N4O2/c32-26(20-24(21-9-3-1-4-10-21)22-11-5-2-6-12-22)29-15-17-30(18-16-29)27(33)25-19-23-13-7-8-14-31(23)28-25/h1-6,9-12,19,24H,7-8,13-18,20H2. The number of hydrogen-bond acceptors (Lipinski definition) is 3. The summed E-state index contributed by atoms with van der Waals surface area (Å²) in [6.45, 7) is 3.12. The Kier molecular flexibility index (Phi) is 6.24. The Morgan fingerprint density at radius 3 is 2.00 bits per heavy atom. The maximum Gasteiger partial charge on any atom is 0.274 e. The number of hydrogen-bond donors (Lipinski definition) is 0. The van der Waals surface area contributed by atoms with Crippen LogP contribution in [0.3, 0.4) is 0 Å². The third kappa shape index (κ3) is 4.70. The van der Waals surface area contributed by atoms with Gasteiger partial charge in [0.2, 0.25) is 5.91 Å². The van der Waals surface area contributed by atoms with E-state index in [1.54, 1.807) is 0 Å². The molecular weight excluding hydrogens is 412 g/mol. The molecule has 2 aromatic carbocycles. The molecule has 2 aliphatic rings. The van der Waals surface area contributed by atoms with E-state index in [0.29, 0.717) is 38.3 Å². The van der Waals surface area contributed by atoms with Gasteiger partial charge < -0.3 is 9.80 Å². The number of carbonyl (C=O) groups excluding carboxylic acids is 2. The number of rotatable bonds is 5. The summed E-state index contributed by atoms with van der Waals surface area (Å²) in [7, 11) is 0. The first kappa shape index (κ1) is 21.4. The van der Waals surface area contributed by atoms with Gasteiger partial charge in [0, 0.05) is 50.8 Å². The third-order valence-electron chi connectivity index (χ3n) is 6.84. The van der Waals surface area contributed by atoms with E-state index in [1.807, 2.05) is 56.9 Å². The van der Waals surface area contributed by atoms with Gasteiger partial charge in [-0.05, 0) is 36.5 Å². The predicted molar refractivity (Wildman–Crippen MR) is 127 cm³/mol. The largest absolute Gasteiger partial charge is 0.339 e. The van der Waals surface area contributed by atoms with E-state index < -0.39 is 0 Å².